The molecule has 7 heteroatoms. The lowest BCUT2D eigenvalue weighted by atomic mass is 9.81. The highest BCUT2D eigenvalue weighted by atomic mass is 35.5. The van der Waals surface area contributed by atoms with E-state index in [0.29, 0.717) is 18.7 Å². The smallest absolute Gasteiger partial charge is 0.311 e. The summed E-state index contributed by atoms with van der Waals surface area (Å²) < 4.78 is 40.0. The highest BCUT2D eigenvalue weighted by Crippen LogP contribution is 2.42. The zero-order chi connectivity index (χ0) is 14.9. The minimum atomic E-state index is -4.07. The van der Waals surface area contributed by atoms with E-state index in [1.54, 1.807) is 0 Å². The lowest BCUT2D eigenvalue weighted by molar-refractivity contribution is -0.182. The van der Waals surface area contributed by atoms with Gasteiger partial charge in [-0.05, 0) is 39.5 Å². The lowest BCUT2D eigenvalue weighted by Gasteiger charge is -2.30. The summed E-state index contributed by atoms with van der Waals surface area (Å²) in [6.07, 6.45) is -2.70. The second kappa shape index (κ2) is 5.92. The molecule has 1 fully saturated rings. The number of nitrogens with zero attached hydrogens (tertiary/aromatic N) is 3. The Kier molecular flexibility index (Phi) is 4.62. The van der Waals surface area contributed by atoms with Gasteiger partial charge in [-0.1, -0.05) is 0 Å². The standard InChI is InChI=1S/C13H19ClF3N3/c1-8(2)20-11(7-14)18-19-12(20)9-3-5-10(6-4-9)13(15,16)17/h8-10H,3-7H2,1-2H3. The Morgan fingerprint density at radius 1 is 1.20 bits per heavy atom. The zero-order valence-corrected chi connectivity index (χ0v) is 12.4. The Morgan fingerprint density at radius 2 is 1.80 bits per heavy atom. The van der Waals surface area contributed by atoms with E-state index in [4.69, 9.17) is 11.6 Å². The van der Waals surface area contributed by atoms with Crippen molar-refractivity contribution < 1.29 is 13.2 Å². The van der Waals surface area contributed by atoms with Gasteiger partial charge >= 0.3 is 6.18 Å². The molecule has 2 rings (SSSR count). The van der Waals surface area contributed by atoms with E-state index in [1.165, 1.54) is 0 Å². The Bertz CT molecular complexity index is 448. The van der Waals surface area contributed by atoms with Crippen molar-refractivity contribution in [2.24, 2.45) is 5.92 Å². The van der Waals surface area contributed by atoms with Crippen LogP contribution in [0.4, 0.5) is 13.2 Å². The van der Waals surface area contributed by atoms with Gasteiger partial charge in [0.2, 0.25) is 0 Å². The van der Waals surface area contributed by atoms with Crippen LogP contribution in [0.3, 0.4) is 0 Å². The Balaban J connectivity index is 2.13. The number of halogens is 4. The number of rotatable bonds is 3. The van der Waals surface area contributed by atoms with Crippen molar-refractivity contribution in [3.8, 4) is 0 Å². The van der Waals surface area contributed by atoms with E-state index in [1.807, 2.05) is 18.4 Å². The van der Waals surface area contributed by atoms with Crippen LogP contribution in [0, 0.1) is 5.92 Å². The predicted octanol–water partition coefficient (Wildman–Crippen LogP) is 4.43. The molecule has 1 aliphatic rings. The van der Waals surface area contributed by atoms with Gasteiger partial charge in [-0.3, -0.25) is 0 Å². The minimum Gasteiger partial charge on any atom is -0.311 e. The second-order valence-corrected chi connectivity index (χ2v) is 5.93. The van der Waals surface area contributed by atoms with Crippen LogP contribution in [0.25, 0.3) is 0 Å². The molecule has 3 nitrogen and oxygen atoms in total. The van der Waals surface area contributed by atoms with Crippen molar-refractivity contribution >= 4 is 11.6 Å². The molecule has 20 heavy (non-hydrogen) atoms. The number of hydrogen-bond acceptors (Lipinski definition) is 2. The summed E-state index contributed by atoms with van der Waals surface area (Å²) in [4.78, 5) is 0. The lowest BCUT2D eigenvalue weighted by Crippen LogP contribution is -2.28. The first-order valence-electron chi connectivity index (χ1n) is 6.91. The zero-order valence-electron chi connectivity index (χ0n) is 11.6. The molecule has 0 saturated heterocycles. The number of hydrogen-bond donors (Lipinski definition) is 0. The Labute approximate surface area is 121 Å². The molecule has 0 spiro atoms. The molecule has 0 aromatic carbocycles. The Morgan fingerprint density at radius 3 is 2.25 bits per heavy atom. The fraction of sp³-hybridized carbons (Fsp3) is 0.846. The molecule has 0 bridgehead atoms. The summed E-state index contributed by atoms with van der Waals surface area (Å²) in [6, 6.07) is 0.161. The van der Waals surface area contributed by atoms with Gasteiger partial charge in [0.15, 0.2) is 0 Å². The van der Waals surface area contributed by atoms with Crippen molar-refractivity contribution in [3.05, 3.63) is 11.6 Å². The monoisotopic (exact) mass is 309 g/mol. The van der Waals surface area contributed by atoms with Crippen molar-refractivity contribution in [1.82, 2.24) is 14.8 Å². The van der Waals surface area contributed by atoms with E-state index in [9.17, 15) is 13.2 Å². The largest absolute Gasteiger partial charge is 0.391 e. The summed E-state index contributed by atoms with van der Waals surface area (Å²) in [5, 5.41) is 8.22. The van der Waals surface area contributed by atoms with Gasteiger partial charge in [-0.25, -0.2) is 0 Å². The maximum absolute atomic E-state index is 12.7. The molecular formula is C13H19ClF3N3. The molecule has 0 atom stereocenters. The molecule has 114 valence electrons. The van der Waals surface area contributed by atoms with Crippen LogP contribution >= 0.6 is 11.6 Å². The molecule has 0 N–H and O–H groups in total. The van der Waals surface area contributed by atoms with Crippen molar-refractivity contribution in [2.75, 3.05) is 0 Å². The first-order valence-corrected chi connectivity index (χ1v) is 7.44. The molecule has 0 aliphatic heterocycles. The van der Waals surface area contributed by atoms with E-state index >= 15 is 0 Å². The third-order valence-electron chi connectivity index (χ3n) is 3.98. The fourth-order valence-electron chi connectivity index (χ4n) is 2.95. The maximum Gasteiger partial charge on any atom is 0.391 e. The van der Waals surface area contributed by atoms with Gasteiger partial charge in [0, 0.05) is 12.0 Å². The molecule has 1 saturated carbocycles. The number of alkyl halides is 4. The van der Waals surface area contributed by atoms with E-state index in [2.05, 4.69) is 10.2 Å². The van der Waals surface area contributed by atoms with Crippen molar-refractivity contribution in [2.45, 2.75) is 63.5 Å². The van der Waals surface area contributed by atoms with Gasteiger partial charge < -0.3 is 4.57 Å². The van der Waals surface area contributed by atoms with Crippen molar-refractivity contribution in [1.29, 1.82) is 0 Å². The molecule has 1 aliphatic carbocycles. The molecule has 0 unspecified atom stereocenters. The third kappa shape index (κ3) is 3.10. The molecule has 0 amide bonds. The van der Waals surface area contributed by atoms with Crippen LogP contribution in [-0.2, 0) is 5.88 Å². The first kappa shape index (κ1) is 15.6. The average molecular weight is 310 g/mol. The van der Waals surface area contributed by atoms with Crippen LogP contribution in [0.5, 0.6) is 0 Å². The molecule has 1 aromatic heterocycles. The predicted molar refractivity (Wildman–Crippen MR) is 70.7 cm³/mol. The summed E-state index contributed by atoms with van der Waals surface area (Å²) in [5.74, 6) is 0.635. The highest BCUT2D eigenvalue weighted by molar-refractivity contribution is 6.16. The van der Waals surface area contributed by atoms with Gasteiger partial charge in [0.05, 0.1) is 11.8 Å². The van der Waals surface area contributed by atoms with Crippen LogP contribution in [0.2, 0.25) is 0 Å². The first-order chi connectivity index (χ1) is 9.34. The van der Waals surface area contributed by atoms with Gasteiger partial charge in [0.25, 0.3) is 0 Å². The quantitative estimate of drug-likeness (QED) is 0.773. The van der Waals surface area contributed by atoms with Crippen molar-refractivity contribution in [3.63, 3.8) is 0 Å². The minimum absolute atomic E-state index is 0.0560. The summed E-state index contributed by atoms with van der Waals surface area (Å²) in [6.45, 7) is 4.01. The third-order valence-corrected chi connectivity index (χ3v) is 4.22. The van der Waals surface area contributed by atoms with Gasteiger partial charge in [0.1, 0.15) is 11.6 Å². The van der Waals surface area contributed by atoms with E-state index < -0.39 is 12.1 Å². The van der Waals surface area contributed by atoms with Crippen LogP contribution in [0.1, 0.15) is 63.1 Å². The fourth-order valence-corrected chi connectivity index (χ4v) is 3.13. The van der Waals surface area contributed by atoms with Crippen LogP contribution in [-0.4, -0.2) is 20.9 Å². The molecule has 1 heterocycles. The second-order valence-electron chi connectivity index (χ2n) is 5.66. The topological polar surface area (TPSA) is 30.7 Å². The van der Waals surface area contributed by atoms with E-state index in [-0.39, 0.29) is 30.7 Å². The summed E-state index contributed by atoms with van der Waals surface area (Å²) in [5.41, 5.74) is 0. The highest BCUT2D eigenvalue weighted by Gasteiger charge is 2.42. The van der Waals surface area contributed by atoms with Gasteiger partial charge in [-0.15, -0.1) is 21.8 Å². The maximum atomic E-state index is 12.7. The molecule has 1 aromatic rings. The van der Waals surface area contributed by atoms with Gasteiger partial charge in [-0.2, -0.15) is 13.2 Å². The molecular weight excluding hydrogens is 291 g/mol. The van der Waals surface area contributed by atoms with E-state index in [0.717, 1.165) is 5.82 Å². The van der Waals surface area contributed by atoms with Crippen LogP contribution in [0.15, 0.2) is 0 Å². The van der Waals surface area contributed by atoms with Crippen LogP contribution < -0.4 is 0 Å². The average Bonchev–Trinajstić information content (AvgIpc) is 2.81. The number of aromatic nitrogens is 3. The SMILES string of the molecule is CC(C)n1c(CCl)nnc1C1CCC(C(F)(F)F)CC1. The Hall–Kier alpha value is -0.780. The summed E-state index contributed by atoms with van der Waals surface area (Å²) >= 11 is 5.84. The summed E-state index contributed by atoms with van der Waals surface area (Å²) in [7, 11) is 0. The normalized spacial score (nSPS) is 24.4. The molecule has 0 radical (unpaired) electrons.